The summed E-state index contributed by atoms with van der Waals surface area (Å²) in [5.41, 5.74) is 12.4. The number of H-pyrrole nitrogens is 1. The smallest absolute Gasteiger partial charge is 0.255 e. The Morgan fingerprint density at radius 1 is 1.24 bits per heavy atom. The molecule has 224 valence electrons. The SMILES string of the molecule is CCc1c(C(N)=CN(N)c2cc(C(=O)Nc3cc(C4(C)CC4)cc(NS(C)(=O)=O)c3OC)ccc2C)c[nH][n+]1C1CC1. The van der Waals surface area contributed by atoms with Crippen LogP contribution in [0.15, 0.2) is 42.7 Å². The van der Waals surface area contributed by atoms with Gasteiger partial charge in [-0.15, -0.1) is 4.68 Å². The van der Waals surface area contributed by atoms with Crippen LogP contribution >= 0.6 is 0 Å². The van der Waals surface area contributed by atoms with E-state index in [2.05, 4.69) is 33.7 Å². The van der Waals surface area contributed by atoms with E-state index in [4.69, 9.17) is 16.3 Å². The van der Waals surface area contributed by atoms with Crippen LogP contribution in [0.4, 0.5) is 17.1 Å². The summed E-state index contributed by atoms with van der Waals surface area (Å²) in [5.74, 6) is 6.30. The second kappa shape index (κ2) is 11.0. The van der Waals surface area contributed by atoms with Crippen LogP contribution in [0.1, 0.15) is 78.3 Å². The van der Waals surface area contributed by atoms with Gasteiger partial charge in [-0.25, -0.2) is 14.3 Å². The third kappa shape index (κ3) is 6.09. The molecule has 12 heteroatoms. The first-order valence-corrected chi connectivity index (χ1v) is 16.0. The molecule has 1 amide bonds. The molecule has 0 aliphatic heterocycles. The van der Waals surface area contributed by atoms with Crippen molar-refractivity contribution in [1.29, 1.82) is 0 Å². The number of ether oxygens (including phenoxy) is 1. The van der Waals surface area contributed by atoms with Gasteiger partial charge in [0.15, 0.2) is 11.8 Å². The summed E-state index contributed by atoms with van der Waals surface area (Å²) in [4.78, 5) is 13.5. The van der Waals surface area contributed by atoms with Crippen molar-refractivity contribution in [2.75, 3.05) is 28.4 Å². The minimum absolute atomic E-state index is 0.0853. The molecule has 2 fully saturated rings. The molecule has 2 aliphatic rings. The molecule has 0 unspecified atom stereocenters. The molecule has 5 rings (SSSR count). The number of nitrogens with one attached hydrogen (secondary N) is 3. The zero-order valence-electron chi connectivity index (χ0n) is 24.7. The number of carbonyl (C=O) groups excluding carboxylic acids is 1. The van der Waals surface area contributed by atoms with E-state index in [9.17, 15) is 13.2 Å². The van der Waals surface area contributed by atoms with Gasteiger partial charge in [-0.3, -0.25) is 14.5 Å². The van der Waals surface area contributed by atoms with Crippen molar-refractivity contribution in [3.05, 3.63) is 70.7 Å². The molecule has 3 aromatic rings. The van der Waals surface area contributed by atoms with Crippen LogP contribution < -0.4 is 36.0 Å². The minimum atomic E-state index is -3.58. The maximum atomic E-state index is 13.5. The van der Waals surface area contributed by atoms with Gasteiger partial charge in [0.2, 0.25) is 15.7 Å². The fourth-order valence-corrected chi connectivity index (χ4v) is 5.80. The van der Waals surface area contributed by atoms with Gasteiger partial charge >= 0.3 is 0 Å². The molecule has 2 aliphatic carbocycles. The van der Waals surface area contributed by atoms with E-state index >= 15 is 0 Å². The van der Waals surface area contributed by atoms with E-state index in [1.54, 1.807) is 24.4 Å². The first-order chi connectivity index (χ1) is 19.8. The highest BCUT2D eigenvalue weighted by atomic mass is 32.2. The van der Waals surface area contributed by atoms with Gasteiger partial charge in [-0.05, 0) is 60.6 Å². The number of methoxy groups -OCH3 is 1. The lowest BCUT2D eigenvalue weighted by atomic mass is 9.96. The van der Waals surface area contributed by atoms with Gasteiger partial charge in [0.1, 0.15) is 0 Å². The number of nitrogens with zero attached hydrogens (tertiary/aromatic N) is 2. The predicted octanol–water partition coefficient (Wildman–Crippen LogP) is 3.83. The summed E-state index contributed by atoms with van der Waals surface area (Å²) in [6, 6.07) is 9.35. The first kappa shape index (κ1) is 29.5. The highest BCUT2D eigenvalue weighted by Crippen LogP contribution is 2.51. The van der Waals surface area contributed by atoms with Gasteiger partial charge in [0.25, 0.3) is 5.91 Å². The number of hydrazine groups is 1. The summed E-state index contributed by atoms with van der Waals surface area (Å²) >= 11 is 0. The van der Waals surface area contributed by atoms with Gasteiger partial charge < -0.3 is 15.8 Å². The van der Waals surface area contributed by atoms with Crippen molar-refractivity contribution in [2.24, 2.45) is 11.6 Å². The molecule has 11 nitrogen and oxygen atoms in total. The van der Waals surface area contributed by atoms with Crippen molar-refractivity contribution >= 4 is 38.7 Å². The second-order valence-electron chi connectivity index (χ2n) is 11.6. The molecule has 0 radical (unpaired) electrons. The molecule has 42 heavy (non-hydrogen) atoms. The number of hydrogen-bond donors (Lipinski definition) is 5. The van der Waals surface area contributed by atoms with E-state index < -0.39 is 15.9 Å². The Morgan fingerprint density at radius 2 is 1.93 bits per heavy atom. The Morgan fingerprint density at radius 3 is 2.52 bits per heavy atom. The van der Waals surface area contributed by atoms with Gasteiger partial charge in [0.05, 0.1) is 47.9 Å². The number of amides is 1. The van der Waals surface area contributed by atoms with E-state index in [1.807, 2.05) is 25.3 Å². The highest BCUT2D eigenvalue weighted by Gasteiger charge is 2.40. The Labute approximate surface area is 246 Å². The van der Waals surface area contributed by atoms with Crippen LogP contribution in [0.3, 0.4) is 0 Å². The Hall–Kier alpha value is -4.03. The lowest BCUT2D eigenvalue weighted by Crippen LogP contribution is -2.38. The number of aromatic nitrogens is 2. The number of nitrogens with two attached hydrogens (primary N) is 2. The predicted molar refractivity (Wildman–Crippen MR) is 165 cm³/mol. The molecule has 2 aromatic carbocycles. The largest absolute Gasteiger partial charge is 0.492 e. The summed E-state index contributed by atoms with van der Waals surface area (Å²) in [6.07, 6.45) is 9.73. The monoisotopic (exact) mass is 594 g/mol. The van der Waals surface area contributed by atoms with Crippen molar-refractivity contribution < 1.29 is 22.6 Å². The lowest BCUT2D eigenvalue weighted by Gasteiger charge is -2.20. The third-order valence-electron chi connectivity index (χ3n) is 8.07. The number of aryl methyl sites for hydroxylation is 1. The first-order valence-electron chi connectivity index (χ1n) is 14.1. The van der Waals surface area contributed by atoms with Gasteiger partial charge in [-0.2, -0.15) is 5.10 Å². The van der Waals surface area contributed by atoms with Crippen molar-refractivity contribution in [1.82, 2.24) is 5.10 Å². The molecular formula is C30H40N7O4S+. The van der Waals surface area contributed by atoms with E-state index in [0.29, 0.717) is 28.7 Å². The molecule has 1 aromatic heterocycles. The Bertz CT molecular complexity index is 1670. The van der Waals surface area contributed by atoms with Gasteiger partial charge in [-0.1, -0.05) is 19.9 Å². The van der Waals surface area contributed by atoms with Crippen molar-refractivity contribution in [3.63, 3.8) is 0 Å². The fourth-order valence-electron chi connectivity index (χ4n) is 5.25. The van der Waals surface area contributed by atoms with Crippen LogP contribution in [0.2, 0.25) is 0 Å². The molecule has 7 N–H and O–H groups in total. The summed E-state index contributed by atoms with van der Waals surface area (Å²) in [6.45, 7) is 6.11. The normalized spacial score (nSPS) is 16.2. The van der Waals surface area contributed by atoms with Gasteiger partial charge in [0, 0.05) is 31.0 Å². The maximum absolute atomic E-state index is 13.5. The number of sulfonamides is 1. The molecule has 2 saturated carbocycles. The van der Waals surface area contributed by atoms with E-state index in [0.717, 1.165) is 60.7 Å². The number of hydrogen-bond acceptors (Lipinski definition) is 7. The number of rotatable bonds is 11. The maximum Gasteiger partial charge on any atom is 0.255 e. The van der Waals surface area contributed by atoms with Crippen LogP contribution in [0, 0.1) is 6.92 Å². The van der Waals surface area contributed by atoms with E-state index in [-0.39, 0.29) is 16.9 Å². The average Bonchev–Trinajstić information content (AvgIpc) is 3.86. The number of aromatic amines is 1. The third-order valence-corrected chi connectivity index (χ3v) is 8.66. The Kier molecular flexibility index (Phi) is 7.71. The topological polar surface area (TPSA) is 159 Å². The van der Waals surface area contributed by atoms with E-state index in [1.165, 1.54) is 12.1 Å². The fraction of sp³-hybridized carbons (Fsp3) is 0.400. The number of carbonyl (C=O) groups is 1. The molecular weight excluding hydrogens is 554 g/mol. The lowest BCUT2D eigenvalue weighted by molar-refractivity contribution is -0.759. The molecule has 0 spiro atoms. The summed E-state index contributed by atoms with van der Waals surface area (Å²) in [5, 5.41) is 7.67. The second-order valence-corrected chi connectivity index (χ2v) is 13.3. The molecule has 0 bridgehead atoms. The summed E-state index contributed by atoms with van der Waals surface area (Å²) < 4.78 is 34.4. The van der Waals surface area contributed by atoms with Crippen LogP contribution in [0.25, 0.3) is 5.70 Å². The minimum Gasteiger partial charge on any atom is -0.492 e. The molecule has 1 heterocycles. The zero-order valence-corrected chi connectivity index (χ0v) is 25.6. The van der Waals surface area contributed by atoms with Crippen LogP contribution in [-0.4, -0.2) is 32.8 Å². The van der Waals surface area contributed by atoms with Crippen LogP contribution in [0.5, 0.6) is 5.75 Å². The summed E-state index contributed by atoms with van der Waals surface area (Å²) in [7, 11) is -2.15. The quantitative estimate of drug-likeness (QED) is 0.128. The van der Waals surface area contributed by atoms with Crippen LogP contribution in [-0.2, 0) is 21.9 Å². The zero-order chi connectivity index (χ0) is 30.4. The molecule has 0 atom stereocenters. The Balaban J connectivity index is 1.43. The number of benzene rings is 2. The van der Waals surface area contributed by atoms with Crippen molar-refractivity contribution in [3.8, 4) is 5.75 Å². The highest BCUT2D eigenvalue weighted by molar-refractivity contribution is 7.92. The number of anilines is 3. The molecule has 0 saturated heterocycles. The average molecular weight is 595 g/mol. The standard InChI is InChI=1S/C30H39N7O4S/c1-6-26-22(16-33-37(26)21-9-10-21)23(31)17-36(32)27-13-19(8-7-18(27)2)29(38)34-24-14-20(30(3)11-12-30)15-25(28(24)41-4)35-42(5,39)40/h7-8,13-17,21,35H,6,9-12,31-32H2,1-5H3,(H,34,38)/p+1. The van der Waals surface area contributed by atoms with Crippen molar-refractivity contribution in [2.45, 2.75) is 64.3 Å².